The van der Waals surface area contributed by atoms with E-state index in [1.165, 1.54) is 7.11 Å². The Balaban J connectivity index is 2.89. The fourth-order valence-corrected chi connectivity index (χ4v) is 1.03. The number of hydrogen-bond acceptors (Lipinski definition) is 2. The van der Waals surface area contributed by atoms with Crippen molar-refractivity contribution in [1.82, 2.24) is 0 Å². The van der Waals surface area contributed by atoms with E-state index >= 15 is 0 Å². The van der Waals surface area contributed by atoms with Crippen LogP contribution in [0.3, 0.4) is 0 Å². The van der Waals surface area contributed by atoms with Gasteiger partial charge in [0.2, 0.25) is 0 Å². The first-order valence-corrected chi connectivity index (χ1v) is 4.04. The Hall–Kier alpha value is -1.44. The second-order valence-corrected chi connectivity index (χ2v) is 2.76. The molecule has 0 aliphatic heterocycles. The van der Waals surface area contributed by atoms with Crippen molar-refractivity contribution in [1.29, 1.82) is 0 Å². The number of carbonyl (C=O) groups is 1. The van der Waals surface area contributed by atoms with Crippen LogP contribution in [0.5, 0.6) is 0 Å². The lowest BCUT2D eigenvalue weighted by atomic mass is 9.77. The molecule has 0 saturated carbocycles. The van der Waals surface area contributed by atoms with E-state index in [9.17, 15) is 4.79 Å². The van der Waals surface area contributed by atoms with Crippen molar-refractivity contribution in [2.45, 2.75) is 0 Å². The highest BCUT2D eigenvalue weighted by Crippen LogP contribution is 2.07. The molecule has 0 aliphatic carbocycles. The molecule has 0 spiro atoms. The first-order chi connectivity index (χ1) is 6.63. The third-order valence-corrected chi connectivity index (χ3v) is 1.67. The Bertz CT molecular complexity index is 351. The molecule has 0 fully saturated rings. The zero-order valence-corrected chi connectivity index (χ0v) is 7.86. The average Bonchev–Trinajstić information content (AvgIpc) is 2.17. The molecule has 2 nitrogen and oxygen atoms in total. The summed E-state index contributed by atoms with van der Waals surface area (Å²) in [6.07, 6.45) is 1.61. The van der Waals surface area contributed by atoms with Crippen LogP contribution in [0.2, 0.25) is 0 Å². The number of carbonyl (C=O) groups excluding carboxylic acids is 1. The molecule has 0 amide bonds. The number of benzene rings is 1. The topological polar surface area (TPSA) is 26.3 Å². The summed E-state index contributed by atoms with van der Waals surface area (Å²) < 4.78 is 4.55. The van der Waals surface area contributed by atoms with Gasteiger partial charge in [0.05, 0.1) is 28.4 Å². The summed E-state index contributed by atoms with van der Waals surface area (Å²) in [7, 11) is 11.9. The van der Waals surface area contributed by atoms with Crippen LogP contribution < -0.4 is 0 Å². The van der Waals surface area contributed by atoms with Crippen LogP contribution in [0.1, 0.15) is 15.9 Å². The number of methoxy groups -OCH3 is 1. The van der Waals surface area contributed by atoms with Crippen LogP contribution in [0.15, 0.2) is 29.6 Å². The predicted octanol–water partition coefficient (Wildman–Crippen LogP) is 1.11. The van der Waals surface area contributed by atoms with Crippen LogP contribution in [0.25, 0.3) is 6.08 Å². The average molecular weight is 182 g/mol. The van der Waals surface area contributed by atoms with E-state index in [1.807, 2.05) is 0 Å². The third kappa shape index (κ3) is 2.80. The Morgan fingerprint density at radius 3 is 2.29 bits per heavy atom. The summed E-state index contributed by atoms with van der Waals surface area (Å²) in [5, 5.41) is 0.232. The lowest BCUT2D eigenvalue weighted by molar-refractivity contribution is 0.0601. The van der Waals surface area contributed by atoms with Gasteiger partial charge in [-0.3, -0.25) is 0 Å². The van der Waals surface area contributed by atoms with Gasteiger partial charge in [0.1, 0.15) is 0 Å². The third-order valence-electron chi connectivity index (χ3n) is 1.67. The van der Waals surface area contributed by atoms with E-state index in [0.29, 0.717) is 5.56 Å². The summed E-state index contributed by atoms with van der Waals surface area (Å²) in [6, 6.07) is 6.79. The highest BCUT2D eigenvalue weighted by atomic mass is 16.5. The van der Waals surface area contributed by atoms with E-state index in [0.717, 1.165) is 5.56 Å². The van der Waals surface area contributed by atoms with Gasteiger partial charge in [-0.25, -0.2) is 4.79 Å². The zero-order valence-electron chi connectivity index (χ0n) is 7.86. The van der Waals surface area contributed by atoms with Crippen molar-refractivity contribution in [3.05, 3.63) is 40.8 Å². The van der Waals surface area contributed by atoms with E-state index in [2.05, 4.69) is 4.74 Å². The predicted molar refractivity (Wildman–Crippen MR) is 57.3 cm³/mol. The van der Waals surface area contributed by atoms with Crippen molar-refractivity contribution in [2.75, 3.05) is 7.11 Å². The molecule has 0 aliphatic rings. The first kappa shape index (κ1) is 10.6. The lowest BCUT2D eigenvalue weighted by Gasteiger charge is -1.99. The highest BCUT2D eigenvalue weighted by molar-refractivity contribution is 6.50. The molecule has 0 aromatic heterocycles. The minimum atomic E-state index is -0.360. The van der Waals surface area contributed by atoms with Gasteiger partial charge in [-0.2, -0.15) is 5.37 Å². The summed E-state index contributed by atoms with van der Waals surface area (Å²) in [5.41, 5.74) is 1.35. The van der Waals surface area contributed by atoms with Gasteiger partial charge in [0, 0.05) is 0 Å². The van der Waals surface area contributed by atoms with E-state index in [4.69, 9.17) is 15.7 Å². The second kappa shape index (κ2) is 4.70. The standard InChI is InChI=1S/C10H8B2O2/c1-14-10(13)8-4-2-7(3-5-8)6-9(11)12/h2-6H,1H3. The first-order valence-electron chi connectivity index (χ1n) is 4.04. The fourth-order valence-electron chi connectivity index (χ4n) is 1.03. The van der Waals surface area contributed by atoms with Crippen LogP contribution in [0.4, 0.5) is 0 Å². The fraction of sp³-hybridized carbons (Fsp3) is 0.100. The van der Waals surface area contributed by atoms with Crippen molar-refractivity contribution in [2.24, 2.45) is 0 Å². The molecular weight excluding hydrogens is 174 g/mol. The SMILES string of the molecule is [B]C([B])=Cc1ccc(C(=O)OC)cc1. The van der Waals surface area contributed by atoms with Crippen LogP contribution >= 0.6 is 0 Å². The van der Waals surface area contributed by atoms with Gasteiger partial charge in [-0.05, 0) is 17.7 Å². The molecule has 4 radical (unpaired) electrons. The van der Waals surface area contributed by atoms with Crippen molar-refractivity contribution >= 4 is 27.7 Å². The molecule has 66 valence electrons. The normalized spacial score (nSPS) is 9.21. The summed E-state index contributed by atoms with van der Waals surface area (Å²) >= 11 is 0. The minimum absolute atomic E-state index is 0.232. The maximum Gasteiger partial charge on any atom is 0.337 e. The van der Waals surface area contributed by atoms with Gasteiger partial charge in [-0.1, -0.05) is 18.2 Å². The zero-order chi connectivity index (χ0) is 10.6. The van der Waals surface area contributed by atoms with Gasteiger partial charge < -0.3 is 4.74 Å². The van der Waals surface area contributed by atoms with E-state index in [-0.39, 0.29) is 11.3 Å². The number of esters is 1. The largest absolute Gasteiger partial charge is 0.465 e. The molecule has 1 aromatic rings. The molecule has 0 N–H and O–H groups in total. The smallest absolute Gasteiger partial charge is 0.337 e. The van der Waals surface area contributed by atoms with Crippen molar-refractivity contribution in [3.63, 3.8) is 0 Å². The van der Waals surface area contributed by atoms with Gasteiger partial charge >= 0.3 is 5.97 Å². The van der Waals surface area contributed by atoms with E-state index < -0.39 is 0 Å². The lowest BCUT2D eigenvalue weighted by Crippen LogP contribution is -2.00. The molecule has 0 unspecified atom stereocenters. The molecule has 4 heteroatoms. The van der Waals surface area contributed by atoms with Crippen molar-refractivity contribution in [3.8, 4) is 0 Å². The summed E-state index contributed by atoms with van der Waals surface area (Å²) in [4.78, 5) is 11.1. The second-order valence-electron chi connectivity index (χ2n) is 2.76. The van der Waals surface area contributed by atoms with Crippen LogP contribution in [-0.4, -0.2) is 28.8 Å². The summed E-state index contributed by atoms with van der Waals surface area (Å²) in [5.74, 6) is -0.360. The quantitative estimate of drug-likeness (QED) is 0.505. The Labute approximate surface area is 85.8 Å². The molecule has 0 bridgehead atoms. The molecule has 1 rings (SSSR count). The molecule has 14 heavy (non-hydrogen) atoms. The highest BCUT2D eigenvalue weighted by Gasteiger charge is 2.02. The van der Waals surface area contributed by atoms with Gasteiger partial charge in [0.25, 0.3) is 0 Å². The molecule has 1 aromatic carbocycles. The van der Waals surface area contributed by atoms with Crippen LogP contribution in [0, 0.1) is 0 Å². The monoisotopic (exact) mass is 182 g/mol. The van der Waals surface area contributed by atoms with Gasteiger partial charge in [0.15, 0.2) is 0 Å². The molecule has 0 heterocycles. The van der Waals surface area contributed by atoms with E-state index in [1.54, 1.807) is 30.3 Å². The molecular formula is C10H8B2O2. The number of rotatable bonds is 2. The Morgan fingerprint density at radius 1 is 1.29 bits per heavy atom. The van der Waals surface area contributed by atoms with Crippen molar-refractivity contribution < 1.29 is 9.53 Å². The summed E-state index contributed by atoms with van der Waals surface area (Å²) in [6.45, 7) is 0. The van der Waals surface area contributed by atoms with Crippen LogP contribution in [-0.2, 0) is 4.74 Å². The maximum atomic E-state index is 11.1. The molecule has 0 atom stereocenters. The Morgan fingerprint density at radius 2 is 1.86 bits per heavy atom. The molecule has 0 saturated heterocycles. The Kier molecular flexibility index (Phi) is 3.57. The maximum absolute atomic E-state index is 11.1. The number of hydrogen-bond donors (Lipinski definition) is 0. The van der Waals surface area contributed by atoms with Gasteiger partial charge in [-0.15, -0.1) is 0 Å². The number of ether oxygens (including phenoxy) is 1. The minimum Gasteiger partial charge on any atom is -0.465 e.